The molecular formula is C18H26N4O. The van der Waals surface area contributed by atoms with Gasteiger partial charge in [-0.05, 0) is 51.1 Å². The molecule has 1 saturated heterocycles. The smallest absolute Gasteiger partial charge is 0.177 e. The van der Waals surface area contributed by atoms with Crippen LogP contribution in [0.15, 0.2) is 24.3 Å². The predicted octanol–water partition coefficient (Wildman–Crippen LogP) is 3.27. The van der Waals surface area contributed by atoms with E-state index in [0.29, 0.717) is 12.6 Å². The molecule has 0 unspecified atom stereocenters. The van der Waals surface area contributed by atoms with Crippen LogP contribution in [0.3, 0.4) is 0 Å². The summed E-state index contributed by atoms with van der Waals surface area (Å²) in [5, 5.41) is 4.71. The van der Waals surface area contributed by atoms with Crippen molar-refractivity contribution < 1.29 is 4.74 Å². The summed E-state index contributed by atoms with van der Waals surface area (Å²) >= 11 is 0. The van der Waals surface area contributed by atoms with Crippen LogP contribution in [0.25, 0.3) is 5.69 Å². The van der Waals surface area contributed by atoms with Gasteiger partial charge < -0.3 is 4.74 Å². The summed E-state index contributed by atoms with van der Waals surface area (Å²) in [6.07, 6.45) is 4.93. The van der Waals surface area contributed by atoms with Gasteiger partial charge in [0.2, 0.25) is 0 Å². The molecule has 1 fully saturated rings. The Morgan fingerprint density at radius 3 is 2.91 bits per heavy atom. The summed E-state index contributed by atoms with van der Waals surface area (Å²) in [7, 11) is 3.88. The Morgan fingerprint density at radius 1 is 1.26 bits per heavy atom. The van der Waals surface area contributed by atoms with E-state index < -0.39 is 0 Å². The maximum atomic E-state index is 5.24. The molecule has 0 spiro atoms. The van der Waals surface area contributed by atoms with E-state index in [1.807, 2.05) is 4.68 Å². The van der Waals surface area contributed by atoms with Crippen LogP contribution in [0.5, 0.6) is 0 Å². The van der Waals surface area contributed by atoms with Crippen LogP contribution in [0.4, 0.5) is 0 Å². The van der Waals surface area contributed by atoms with Crippen LogP contribution in [-0.4, -0.2) is 40.4 Å². The van der Waals surface area contributed by atoms with Crippen LogP contribution in [0.1, 0.15) is 48.9 Å². The number of benzene rings is 1. The Labute approximate surface area is 138 Å². The zero-order valence-electron chi connectivity index (χ0n) is 14.3. The lowest BCUT2D eigenvalue weighted by Gasteiger charge is -2.25. The highest BCUT2D eigenvalue weighted by Crippen LogP contribution is 2.29. The molecule has 2 aromatic rings. The van der Waals surface area contributed by atoms with Crippen molar-refractivity contribution in [3.8, 4) is 5.69 Å². The third-order valence-electron chi connectivity index (χ3n) is 4.51. The number of likely N-dealkylation sites (tertiary alicyclic amines) is 1. The van der Waals surface area contributed by atoms with Crippen molar-refractivity contribution in [1.29, 1.82) is 0 Å². The van der Waals surface area contributed by atoms with E-state index in [4.69, 9.17) is 14.8 Å². The lowest BCUT2D eigenvalue weighted by molar-refractivity contribution is 0.177. The van der Waals surface area contributed by atoms with Crippen molar-refractivity contribution >= 4 is 0 Å². The summed E-state index contributed by atoms with van der Waals surface area (Å²) in [5.74, 6) is 1.79. The molecule has 0 amide bonds. The maximum absolute atomic E-state index is 5.24. The van der Waals surface area contributed by atoms with Crippen LogP contribution in [-0.2, 0) is 11.3 Å². The van der Waals surface area contributed by atoms with Gasteiger partial charge in [-0.1, -0.05) is 25.0 Å². The fraction of sp³-hybridized carbons (Fsp3) is 0.556. The van der Waals surface area contributed by atoms with E-state index in [2.05, 4.69) is 43.1 Å². The molecule has 5 heteroatoms. The number of hydrogen-bond donors (Lipinski definition) is 0. The fourth-order valence-corrected chi connectivity index (χ4v) is 3.30. The zero-order chi connectivity index (χ0) is 16.2. The SMILES string of the molecule is COCc1nc([C@H]2CCCCCN2C)n(-c2cccc(C)c2)n1. The van der Waals surface area contributed by atoms with Crippen molar-refractivity contribution in [3.05, 3.63) is 41.5 Å². The second kappa shape index (κ2) is 7.23. The lowest BCUT2D eigenvalue weighted by Crippen LogP contribution is -2.26. The average molecular weight is 314 g/mol. The van der Waals surface area contributed by atoms with E-state index in [1.165, 1.54) is 24.8 Å². The van der Waals surface area contributed by atoms with E-state index in [-0.39, 0.29) is 0 Å². The normalized spacial score (nSPS) is 19.7. The van der Waals surface area contributed by atoms with Gasteiger partial charge in [0.25, 0.3) is 0 Å². The van der Waals surface area contributed by atoms with Gasteiger partial charge >= 0.3 is 0 Å². The first kappa shape index (κ1) is 16.1. The van der Waals surface area contributed by atoms with Gasteiger partial charge in [-0.15, -0.1) is 5.10 Å². The topological polar surface area (TPSA) is 43.2 Å². The molecule has 5 nitrogen and oxygen atoms in total. The molecule has 0 radical (unpaired) electrons. The summed E-state index contributed by atoms with van der Waals surface area (Å²) in [4.78, 5) is 7.22. The number of aryl methyl sites for hydroxylation is 1. The highest BCUT2D eigenvalue weighted by Gasteiger charge is 2.26. The summed E-state index contributed by atoms with van der Waals surface area (Å²) in [5.41, 5.74) is 2.30. The van der Waals surface area contributed by atoms with Crippen molar-refractivity contribution in [2.45, 2.75) is 45.3 Å². The Morgan fingerprint density at radius 2 is 2.13 bits per heavy atom. The third kappa shape index (κ3) is 3.62. The Hall–Kier alpha value is -1.72. The van der Waals surface area contributed by atoms with Crippen LogP contribution < -0.4 is 0 Å². The molecule has 0 saturated carbocycles. The first-order valence-corrected chi connectivity index (χ1v) is 8.41. The molecule has 1 aromatic heterocycles. The van der Waals surface area contributed by atoms with E-state index in [0.717, 1.165) is 30.3 Å². The number of aromatic nitrogens is 3. The van der Waals surface area contributed by atoms with Gasteiger partial charge in [-0.3, -0.25) is 4.90 Å². The van der Waals surface area contributed by atoms with Gasteiger partial charge in [0.1, 0.15) is 12.4 Å². The molecule has 1 aromatic carbocycles. The minimum absolute atomic E-state index is 0.316. The summed E-state index contributed by atoms with van der Waals surface area (Å²) < 4.78 is 7.25. The number of hydrogen-bond acceptors (Lipinski definition) is 4. The molecule has 124 valence electrons. The number of ether oxygens (including phenoxy) is 1. The Bertz CT molecular complexity index is 652. The first-order valence-electron chi connectivity index (χ1n) is 8.41. The average Bonchev–Trinajstić information content (AvgIpc) is 2.82. The molecule has 2 heterocycles. The van der Waals surface area contributed by atoms with Crippen molar-refractivity contribution in [2.75, 3.05) is 20.7 Å². The summed E-state index contributed by atoms with van der Waals surface area (Å²) in [6, 6.07) is 8.75. The molecule has 1 aliphatic rings. The van der Waals surface area contributed by atoms with Gasteiger partial charge in [-0.2, -0.15) is 0 Å². The standard InChI is InChI=1S/C18H26N4O/c1-14-8-7-9-15(12-14)22-18(19-17(20-22)13-23-3)16-10-5-4-6-11-21(16)2/h7-9,12,16H,4-6,10-11,13H2,1-3H3/t16-/m1/s1. The Kier molecular flexibility index (Phi) is 5.08. The molecule has 1 aliphatic heterocycles. The largest absolute Gasteiger partial charge is 0.377 e. The minimum atomic E-state index is 0.316. The third-order valence-corrected chi connectivity index (χ3v) is 4.51. The highest BCUT2D eigenvalue weighted by molar-refractivity contribution is 5.35. The van der Waals surface area contributed by atoms with Crippen molar-refractivity contribution in [1.82, 2.24) is 19.7 Å². The fourth-order valence-electron chi connectivity index (χ4n) is 3.30. The van der Waals surface area contributed by atoms with Gasteiger partial charge in [0, 0.05) is 7.11 Å². The van der Waals surface area contributed by atoms with Gasteiger partial charge in [-0.25, -0.2) is 9.67 Å². The van der Waals surface area contributed by atoms with Crippen LogP contribution in [0, 0.1) is 6.92 Å². The van der Waals surface area contributed by atoms with E-state index >= 15 is 0 Å². The zero-order valence-corrected chi connectivity index (χ0v) is 14.3. The number of nitrogens with zero attached hydrogens (tertiary/aromatic N) is 4. The highest BCUT2D eigenvalue weighted by atomic mass is 16.5. The molecular weight excluding hydrogens is 288 g/mol. The monoisotopic (exact) mass is 314 g/mol. The van der Waals surface area contributed by atoms with Crippen molar-refractivity contribution in [2.24, 2.45) is 0 Å². The quantitative estimate of drug-likeness (QED) is 0.869. The van der Waals surface area contributed by atoms with E-state index in [1.54, 1.807) is 7.11 Å². The molecule has 23 heavy (non-hydrogen) atoms. The Balaban J connectivity index is 2.03. The second-order valence-electron chi connectivity index (χ2n) is 6.42. The van der Waals surface area contributed by atoms with Gasteiger partial charge in [0.05, 0.1) is 11.7 Å². The maximum Gasteiger partial charge on any atom is 0.177 e. The summed E-state index contributed by atoms with van der Waals surface area (Å²) in [6.45, 7) is 3.67. The first-order chi connectivity index (χ1) is 11.2. The number of methoxy groups -OCH3 is 1. The molecule has 0 N–H and O–H groups in total. The molecule has 3 rings (SSSR count). The van der Waals surface area contributed by atoms with Crippen LogP contribution >= 0.6 is 0 Å². The lowest BCUT2D eigenvalue weighted by atomic mass is 10.1. The number of rotatable bonds is 4. The van der Waals surface area contributed by atoms with E-state index in [9.17, 15) is 0 Å². The van der Waals surface area contributed by atoms with Crippen molar-refractivity contribution in [3.63, 3.8) is 0 Å². The second-order valence-corrected chi connectivity index (χ2v) is 6.42. The predicted molar refractivity (Wildman–Crippen MR) is 90.6 cm³/mol. The van der Waals surface area contributed by atoms with Crippen LogP contribution in [0.2, 0.25) is 0 Å². The minimum Gasteiger partial charge on any atom is -0.377 e. The molecule has 1 atom stereocenters. The molecule has 0 aliphatic carbocycles. The molecule has 0 bridgehead atoms. The van der Waals surface area contributed by atoms with Gasteiger partial charge in [0.15, 0.2) is 5.82 Å².